The zero-order valence-corrected chi connectivity index (χ0v) is 14.5. The van der Waals surface area contributed by atoms with Gasteiger partial charge in [-0.15, -0.1) is 0 Å². The van der Waals surface area contributed by atoms with Gasteiger partial charge in [-0.05, 0) is 24.2 Å². The molecule has 0 aromatic rings. The fourth-order valence-electron chi connectivity index (χ4n) is 3.29. The SMILES string of the molecule is CCCC1CN(CC(C)(C)CCOC)C(C(C)C)CN1. The second kappa shape index (κ2) is 8.35. The number of nitrogens with one attached hydrogen (secondary N) is 1. The van der Waals surface area contributed by atoms with E-state index in [2.05, 4.69) is 44.8 Å². The lowest BCUT2D eigenvalue weighted by molar-refractivity contribution is 0.0454. The van der Waals surface area contributed by atoms with Gasteiger partial charge in [0.2, 0.25) is 0 Å². The number of ether oxygens (including phenoxy) is 1. The largest absolute Gasteiger partial charge is 0.385 e. The standard InChI is InChI=1S/C17H36N2O/c1-7-8-15-12-19(16(11-18-15)14(2)3)13-17(4,5)9-10-20-6/h14-16,18H,7-13H2,1-6H3. The van der Waals surface area contributed by atoms with Crippen LogP contribution in [-0.2, 0) is 4.74 Å². The molecular formula is C17H36N2O. The highest BCUT2D eigenvalue weighted by molar-refractivity contribution is 4.90. The molecule has 1 N–H and O–H groups in total. The molecule has 1 heterocycles. The Morgan fingerprint density at radius 2 is 2.05 bits per heavy atom. The summed E-state index contributed by atoms with van der Waals surface area (Å²) in [5.41, 5.74) is 0.331. The minimum absolute atomic E-state index is 0.331. The molecular weight excluding hydrogens is 248 g/mol. The Bertz CT molecular complexity index is 266. The third-order valence-electron chi connectivity index (χ3n) is 4.56. The van der Waals surface area contributed by atoms with Gasteiger partial charge in [-0.3, -0.25) is 4.90 Å². The maximum atomic E-state index is 5.27. The van der Waals surface area contributed by atoms with Crippen LogP contribution in [-0.4, -0.2) is 50.3 Å². The zero-order chi connectivity index (χ0) is 15.2. The van der Waals surface area contributed by atoms with Gasteiger partial charge in [0, 0.05) is 45.4 Å². The summed E-state index contributed by atoms with van der Waals surface area (Å²) >= 11 is 0. The Morgan fingerprint density at radius 3 is 2.60 bits per heavy atom. The molecule has 0 amide bonds. The summed E-state index contributed by atoms with van der Waals surface area (Å²) < 4.78 is 5.27. The first-order chi connectivity index (χ1) is 9.39. The van der Waals surface area contributed by atoms with Gasteiger partial charge in [-0.2, -0.15) is 0 Å². The van der Waals surface area contributed by atoms with Gasteiger partial charge < -0.3 is 10.1 Å². The smallest absolute Gasteiger partial charge is 0.0467 e. The predicted octanol–water partition coefficient (Wildman–Crippen LogP) is 3.15. The highest BCUT2D eigenvalue weighted by Crippen LogP contribution is 2.26. The van der Waals surface area contributed by atoms with Crippen LogP contribution < -0.4 is 5.32 Å². The third-order valence-corrected chi connectivity index (χ3v) is 4.56. The van der Waals surface area contributed by atoms with Crippen LogP contribution in [0.2, 0.25) is 0 Å². The van der Waals surface area contributed by atoms with Crippen molar-refractivity contribution in [3.05, 3.63) is 0 Å². The maximum absolute atomic E-state index is 5.27. The molecule has 0 bridgehead atoms. The third kappa shape index (κ3) is 5.71. The lowest BCUT2D eigenvalue weighted by Crippen LogP contribution is -2.59. The topological polar surface area (TPSA) is 24.5 Å². The second-order valence-corrected chi connectivity index (χ2v) is 7.54. The van der Waals surface area contributed by atoms with Gasteiger partial charge in [0.1, 0.15) is 0 Å². The van der Waals surface area contributed by atoms with E-state index in [4.69, 9.17) is 4.74 Å². The molecule has 1 aliphatic rings. The molecule has 0 saturated carbocycles. The Labute approximate surface area is 126 Å². The quantitative estimate of drug-likeness (QED) is 0.741. The molecule has 3 nitrogen and oxygen atoms in total. The van der Waals surface area contributed by atoms with Gasteiger partial charge in [0.15, 0.2) is 0 Å². The molecule has 1 fully saturated rings. The molecule has 2 unspecified atom stereocenters. The van der Waals surface area contributed by atoms with Gasteiger partial charge >= 0.3 is 0 Å². The second-order valence-electron chi connectivity index (χ2n) is 7.54. The van der Waals surface area contributed by atoms with E-state index in [0.29, 0.717) is 23.4 Å². The normalized spacial score (nSPS) is 25.4. The predicted molar refractivity (Wildman–Crippen MR) is 87.2 cm³/mol. The average Bonchev–Trinajstić information content (AvgIpc) is 2.36. The van der Waals surface area contributed by atoms with Crippen LogP contribution in [0.5, 0.6) is 0 Å². The number of piperazine rings is 1. The van der Waals surface area contributed by atoms with Crippen molar-refractivity contribution in [3.63, 3.8) is 0 Å². The summed E-state index contributed by atoms with van der Waals surface area (Å²) in [4.78, 5) is 2.73. The summed E-state index contributed by atoms with van der Waals surface area (Å²) in [6, 6.07) is 1.35. The van der Waals surface area contributed by atoms with Crippen molar-refractivity contribution < 1.29 is 4.74 Å². The molecule has 0 radical (unpaired) electrons. The van der Waals surface area contributed by atoms with E-state index in [1.807, 2.05) is 0 Å². The van der Waals surface area contributed by atoms with Crippen molar-refractivity contribution in [1.82, 2.24) is 10.2 Å². The summed E-state index contributed by atoms with van der Waals surface area (Å²) in [5, 5.41) is 3.74. The van der Waals surface area contributed by atoms with Crippen LogP contribution in [0.1, 0.15) is 53.9 Å². The first-order valence-corrected chi connectivity index (χ1v) is 8.36. The molecule has 3 heteroatoms. The fourth-order valence-corrected chi connectivity index (χ4v) is 3.29. The van der Waals surface area contributed by atoms with Crippen LogP contribution in [0.25, 0.3) is 0 Å². The van der Waals surface area contributed by atoms with Crippen LogP contribution in [0.4, 0.5) is 0 Å². The Balaban J connectivity index is 2.63. The molecule has 0 spiro atoms. The molecule has 20 heavy (non-hydrogen) atoms. The highest BCUT2D eigenvalue weighted by atomic mass is 16.5. The van der Waals surface area contributed by atoms with E-state index in [0.717, 1.165) is 19.6 Å². The van der Waals surface area contributed by atoms with E-state index in [-0.39, 0.29) is 0 Å². The van der Waals surface area contributed by atoms with Crippen molar-refractivity contribution in [2.24, 2.45) is 11.3 Å². The van der Waals surface area contributed by atoms with Crippen LogP contribution in [0.15, 0.2) is 0 Å². The van der Waals surface area contributed by atoms with Gasteiger partial charge in [-0.25, -0.2) is 0 Å². The van der Waals surface area contributed by atoms with Crippen molar-refractivity contribution in [2.45, 2.75) is 66.0 Å². The van der Waals surface area contributed by atoms with E-state index in [1.165, 1.54) is 25.9 Å². The fraction of sp³-hybridized carbons (Fsp3) is 1.00. The molecule has 1 aliphatic heterocycles. The lowest BCUT2D eigenvalue weighted by Gasteiger charge is -2.45. The highest BCUT2D eigenvalue weighted by Gasteiger charge is 2.33. The Hall–Kier alpha value is -0.120. The first-order valence-electron chi connectivity index (χ1n) is 8.36. The van der Waals surface area contributed by atoms with E-state index >= 15 is 0 Å². The Kier molecular flexibility index (Phi) is 7.49. The molecule has 120 valence electrons. The number of rotatable bonds is 8. The summed E-state index contributed by atoms with van der Waals surface area (Å²) in [6.07, 6.45) is 3.70. The van der Waals surface area contributed by atoms with Crippen LogP contribution >= 0.6 is 0 Å². The molecule has 1 saturated heterocycles. The minimum atomic E-state index is 0.331. The summed E-state index contributed by atoms with van der Waals surface area (Å²) in [5.74, 6) is 0.711. The molecule has 0 aromatic carbocycles. The van der Waals surface area contributed by atoms with Gasteiger partial charge in [0.25, 0.3) is 0 Å². The number of hydrogen-bond acceptors (Lipinski definition) is 3. The zero-order valence-electron chi connectivity index (χ0n) is 14.5. The molecule has 1 rings (SSSR count). The van der Waals surface area contributed by atoms with Gasteiger partial charge in [-0.1, -0.05) is 41.0 Å². The maximum Gasteiger partial charge on any atom is 0.0467 e. The summed E-state index contributed by atoms with van der Waals surface area (Å²) in [7, 11) is 1.80. The first kappa shape index (κ1) is 17.9. The van der Waals surface area contributed by atoms with E-state index in [1.54, 1.807) is 7.11 Å². The van der Waals surface area contributed by atoms with Crippen molar-refractivity contribution in [1.29, 1.82) is 0 Å². The van der Waals surface area contributed by atoms with Crippen molar-refractivity contribution in [3.8, 4) is 0 Å². The molecule has 0 aromatic heterocycles. The van der Waals surface area contributed by atoms with Gasteiger partial charge in [0.05, 0.1) is 0 Å². The lowest BCUT2D eigenvalue weighted by atomic mass is 9.86. The summed E-state index contributed by atoms with van der Waals surface area (Å²) in [6.45, 7) is 16.1. The molecule has 2 atom stereocenters. The van der Waals surface area contributed by atoms with Crippen molar-refractivity contribution in [2.75, 3.05) is 33.4 Å². The monoisotopic (exact) mass is 284 g/mol. The van der Waals surface area contributed by atoms with E-state index < -0.39 is 0 Å². The van der Waals surface area contributed by atoms with E-state index in [9.17, 15) is 0 Å². The number of nitrogens with zero attached hydrogens (tertiary/aromatic N) is 1. The Morgan fingerprint density at radius 1 is 1.35 bits per heavy atom. The average molecular weight is 284 g/mol. The number of hydrogen-bond donors (Lipinski definition) is 1. The minimum Gasteiger partial charge on any atom is -0.385 e. The molecule has 0 aliphatic carbocycles. The van der Waals surface area contributed by atoms with Crippen LogP contribution in [0, 0.1) is 11.3 Å². The number of methoxy groups -OCH3 is 1. The van der Waals surface area contributed by atoms with Crippen molar-refractivity contribution >= 4 is 0 Å². The van der Waals surface area contributed by atoms with Crippen LogP contribution in [0.3, 0.4) is 0 Å².